The molecule has 3 aromatic carbocycles. The summed E-state index contributed by atoms with van der Waals surface area (Å²) in [5, 5.41) is 3.57. The number of halogens is 2. The van der Waals surface area contributed by atoms with E-state index in [0.29, 0.717) is 46.1 Å². The molecule has 0 unspecified atom stereocenters. The normalized spacial score (nSPS) is 10.8. The highest BCUT2D eigenvalue weighted by atomic mass is 35.5. The van der Waals surface area contributed by atoms with Crippen molar-refractivity contribution in [1.29, 1.82) is 0 Å². The van der Waals surface area contributed by atoms with Crippen LogP contribution in [-0.2, 0) is 16.0 Å². The Morgan fingerprint density at radius 3 is 2.43 bits per heavy atom. The van der Waals surface area contributed by atoms with Gasteiger partial charge in [-0.1, -0.05) is 53.5 Å². The molecule has 4 aromatic rings. The lowest BCUT2D eigenvalue weighted by Crippen LogP contribution is -2.12. The van der Waals surface area contributed by atoms with Gasteiger partial charge in [0.2, 0.25) is 0 Å². The molecule has 1 N–H and O–H groups in total. The van der Waals surface area contributed by atoms with Crippen LogP contribution in [0.25, 0.3) is 22.3 Å². The lowest BCUT2D eigenvalue weighted by molar-refractivity contribution is -0.140. The number of ether oxygens (including phenoxy) is 1. The van der Waals surface area contributed by atoms with Crippen molar-refractivity contribution in [3.63, 3.8) is 0 Å². The molecule has 0 fully saturated rings. The van der Waals surface area contributed by atoms with Crippen molar-refractivity contribution < 1.29 is 14.3 Å². The van der Waals surface area contributed by atoms with Crippen molar-refractivity contribution in [2.45, 2.75) is 25.7 Å². The third kappa shape index (κ3) is 6.15. The van der Waals surface area contributed by atoms with Crippen LogP contribution in [0.1, 0.15) is 35.3 Å². The van der Waals surface area contributed by atoms with Crippen molar-refractivity contribution in [3.8, 4) is 11.3 Å². The van der Waals surface area contributed by atoms with Crippen LogP contribution >= 0.6 is 23.2 Å². The molecule has 6 nitrogen and oxygen atoms in total. The van der Waals surface area contributed by atoms with Crippen LogP contribution in [0, 0.1) is 0 Å². The van der Waals surface area contributed by atoms with Gasteiger partial charge in [-0.15, -0.1) is 0 Å². The number of methoxy groups -OCH3 is 1. The second kappa shape index (κ2) is 11.3. The molecule has 35 heavy (non-hydrogen) atoms. The second-order valence-corrected chi connectivity index (χ2v) is 8.77. The Kier molecular flexibility index (Phi) is 7.95. The summed E-state index contributed by atoms with van der Waals surface area (Å²) in [5.41, 5.74) is 4.99. The van der Waals surface area contributed by atoms with Crippen LogP contribution in [-0.4, -0.2) is 29.0 Å². The number of rotatable bonds is 8. The van der Waals surface area contributed by atoms with E-state index in [2.05, 4.69) is 5.32 Å². The highest BCUT2D eigenvalue weighted by Gasteiger charge is 2.14. The minimum atomic E-state index is -0.306. The molecule has 4 rings (SSSR count). The van der Waals surface area contributed by atoms with Gasteiger partial charge in [0.25, 0.3) is 5.91 Å². The fourth-order valence-electron chi connectivity index (χ4n) is 3.67. The molecule has 0 atom stereocenters. The van der Waals surface area contributed by atoms with E-state index in [4.69, 9.17) is 37.9 Å². The molecule has 0 bridgehead atoms. The number of amides is 1. The van der Waals surface area contributed by atoms with E-state index in [9.17, 15) is 9.59 Å². The summed E-state index contributed by atoms with van der Waals surface area (Å²) < 4.78 is 4.73. The number of aromatic nitrogens is 2. The molecule has 1 amide bonds. The van der Waals surface area contributed by atoms with Crippen LogP contribution < -0.4 is 5.32 Å². The molecule has 0 aliphatic heterocycles. The van der Waals surface area contributed by atoms with Gasteiger partial charge in [-0.05, 0) is 55.7 Å². The quantitative estimate of drug-likeness (QED) is 0.211. The highest BCUT2D eigenvalue weighted by molar-refractivity contribution is 6.42. The van der Waals surface area contributed by atoms with Gasteiger partial charge in [-0.3, -0.25) is 9.59 Å². The molecular formula is C27H23Cl2N3O3. The zero-order valence-electron chi connectivity index (χ0n) is 19.1. The number of hydrogen-bond acceptors (Lipinski definition) is 5. The van der Waals surface area contributed by atoms with Gasteiger partial charge in [0.1, 0.15) is 0 Å². The lowest BCUT2D eigenvalue weighted by atomic mass is 10.0. The molecule has 8 heteroatoms. The molecule has 0 aliphatic carbocycles. The van der Waals surface area contributed by atoms with Crippen molar-refractivity contribution in [2.24, 2.45) is 0 Å². The second-order valence-electron chi connectivity index (χ2n) is 7.95. The molecule has 0 saturated heterocycles. The van der Waals surface area contributed by atoms with Crippen LogP contribution in [0.5, 0.6) is 0 Å². The standard InChI is InChI=1S/C27H23Cl2N3O3/c1-35-25(33)10-6-5-9-23-26(17-7-3-2-4-8-17)32-22-14-12-19(16-24(22)31-23)30-27(34)18-11-13-20(28)21(29)15-18/h2-4,7-8,11-16H,5-6,9-10H2,1H3,(H,30,34). The summed E-state index contributed by atoms with van der Waals surface area (Å²) in [7, 11) is 1.39. The average Bonchev–Trinajstić information content (AvgIpc) is 2.88. The van der Waals surface area contributed by atoms with E-state index in [1.54, 1.807) is 24.3 Å². The number of benzene rings is 3. The molecule has 1 heterocycles. The third-order valence-electron chi connectivity index (χ3n) is 5.50. The Morgan fingerprint density at radius 1 is 0.886 bits per heavy atom. The van der Waals surface area contributed by atoms with E-state index in [1.807, 2.05) is 36.4 Å². The van der Waals surface area contributed by atoms with E-state index in [0.717, 1.165) is 28.9 Å². The van der Waals surface area contributed by atoms with E-state index < -0.39 is 0 Å². The number of fused-ring (bicyclic) bond motifs is 1. The average molecular weight is 508 g/mol. The maximum absolute atomic E-state index is 12.7. The van der Waals surface area contributed by atoms with Crippen LogP contribution in [0.2, 0.25) is 10.0 Å². The topological polar surface area (TPSA) is 81.2 Å². The number of esters is 1. The Hall–Kier alpha value is -3.48. The van der Waals surface area contributed by atoms with Gasteiger partial charge < -0.3 is 10.1 Å². The monoisotopic (exact) mass is 507 g/mol. The number of nitrogens with zero attached hydrogens (tertiary/aromatic N) is 2. The van der Waals surface area contributed by atoms with Crippen molar-refractivity contribution in [1.82, 2.24) is 9.97 Å². The van der Waals surface area contributed by atoms with Crippen LogP contribution in [0.3, 0.4) is 0 Å². The Balaban J connectivity index is 1.61. The predicted octanol–water partition coefficient (Wildman–Crippen LogP) is 6.74. The number of aryl methyl sites for hydroxylation is 1. The molecule has 178 valence electrons. The molecule has 1 aromatic heterocycles. The first-order chi connectivity index (χ1) is 16.9. The highest BCUT2D eigenvalue weighted by Crippen LogP contribution is 2.27. The first-order valence-electron chi connectivity index (χ1n) is 11.1. The zero-order valence-corrected chi connectivity index (χ0v) is 20.6. The summed E-state index contributed by atoms with van der Waals surface area (Å²) in [4.78, 5) is 33.9. The number of anilines is 1. The van der Waals surface area contributed by atoms with Crippen LogP contribution in [0.15, 0.2) is 66.7 Å². The minimum absolute atomic E-state index is 0.222. The number of nitrogens with one attached hydrogen (secondary N) is 1. The third-order valence-corrected chi connectivity index (χ3v) is 6.23. The smallest absolute Gasteiger partial charge is 0.305 e. The van der Waals surface area contributed by atoms with Gasteiger partial charge in [0.05, 0.1) is 39.6 Å². The van der Waals surface area contributed by atoms with Gasteiger partial charge in [-0.2, -0.15) is 0 Å². The fourth-order valence-corrected chi connectivity index (χ4v) is 3.97. The molecule has 0 radical (unpaired) electrons. The first kappa shape index (κ1) is 24.6. The van der Waals surface area contributed by atoms with Crippen molar-refractivity contribution in [2.75, 3.05) is 12.4 Å². The zero-order chi connectivity index (χ0) is 24.8. The van der Waals surface area contributed by atoms with Crippen molar-refractivity contribution in [3.05, 3.63) is 88.0 Å². The lowest BCUT2D eigenvalue weighted by Gasteiger charge is -2.12. The fraction of sp³-hybridized carbons (Fsp3) is 0.185. The van der Waals surface area contributed by atoms with E-state index in [-0.39, 0.29) is 11.9 Å². The molecule has 0 aliphatic rings. The summed E-state index contributed by atoms with van der Waals surface area (Å²) >= 11 is 12.0. The van der Waals surface area contributed by atoms with Gasteiger partial charge in [0, 0.05) is 23.2 Å². The van der Waals surface area contributed by atoms with E-state index in [1.165, 1.54) is 13.2 Å². The largest absolute Gasteiger partial charge is 0.469 e. The molecule has 0 spiro atoms. The minimum Gasteiger partial charge on any atom is -0.469 e. The van der Waals surface area contributed by atoms with Gasteiger partial charge >= 0.3 is 5.97 Å². The SMILES string of the molecule is COC(=O)CCCCc1nc2cc(NC(=O)c3ccc(Cl)c(Cl)c3)ccc2nc1-c1ccccc1. The first-order valence-corrected chi connectivity index (χ1v) is 11.9. The van der Waals surface area contributed by atoms with Crippen molar-refractivity contribution >= 4 is 51.8 Å². The summed E-state index contributed by atoms with van der Waals surface area (Å²) in [6, 6.07) is 20.0. The summed E-state index contributed by atoms with van der Waals surface area (Å²) in [5.74, 6) is -0.528. The van der Waals surface area contributed by atoms with E-state index >= 15 is 0 Å². The maximum Gasteiger partial charge on any atom is 0.305 e. The predicted molar refractivity (Wildman–Crippen MR) is 139 cm³/mol. The maximum atomic E-state index is 12.7. The Labute approximate surface area is 213 Å². The van der Waals surface area contributed by atoms with Gasteiger partial charge in [-0.25, -0.2) is 9.97 Å². The summed E-state index contributed by atoms with van der Waals surface area (Å²) in [6.07, 6.45) is 2.48. The van der Waals surface area contributed by atoms with Gasteiger partial charge in [0.15, 0.2) is 0 Å². The summed E-state index contributed by atoms with van der Waals surface area (Å²) in [6.45, 7) is 0. The van der Waals surface area contributed by atoms with Crippen LogP contribution in [0.4, 0.5) is 5.69 Å². The number of carbonyl (C=O) groups is 2. The number of unbranched alkanes of at least 4 members (excludes halogenated alkanes) is 1. The Morgan fingerprint density at radius 2 is 1.69 bits per heavy atom. The Bertz CT molecular complexity index is 1380. The molecular weight excluding hydrogens is 485 g/mol. The number of hydrogen-bond donors (Lipinski definition) is 1. The molecule has 0 saturated carbocycles. The number of carbonyl (C=O) groups excluding carboxylic acids is 2.